The van der Waals surface area contributed by atoms with Gasteiger partial charge >= 0.3 is 0 Å². The minimum absolute atomic E-state index is 0.109. The molecular weight excluding hydrogens is 338 g/mol. The van der Waals surface area contributed by atoms with Crippen molar-refractivity contribution in [1.29, 1.82) is 0 Å². The van der Waals surface area contributed by atoms with Gasteiger partial charge in [0.25, 0.3) is 0 Å². The molecule has 0 fully saturated rings. The van der Waals surface area contributed by atoms with Gasteiger partial charge in [0.05, 0.1) is 18.8 Å². The number of aliphatic hydroxyl groups is 2. The van der Waals surface area contributed by atoms with Crippen LogP contribution in [-0.4, -0.2) is 52.7 Å². The summed E-state index contributed by atoms with van der Waals surface area (Å²) in [6.07, 6.45) is 12.1. The lowest BCUT2D eigenvalue weighted by Gasteiger charge is -2.29. The summed E-state index contributed by atoms with van der Waals surface area (Å²) in [6.45, 7) is 13.0. The minimum Gasteiger partial charge on any atom is -0.393 e. The van der Waals surface area contributed by atoms with Gasteiger partial charge in [-0.1, -0.05) is 78.6 Å². The molecule has 161 valence electrons. The van der Waals surface area contributed by atoms with E-state index in [1.54, 1.807) is 6.92 Å². The van der Waals surface area contributed by atoms with Gasteiger partial charge in [-0.2, -0.15) is 0 Å². The van der Waals surface area contributed by atoms with E-state index in [0.29, 0.717) is 19.5 Å². The number of hydrogen-bond acceptors (Lipinski definition) is 4. The summed E-state index contributed by atoms with van der Waals surface area (Å²) in [7, 11) is 0. The fourth-order valence-electron chi connectivity index (χ4n) is 3.55. The molecule has 0 aromatic carbocycles. The highest BCUT2D eigenvalue weighted by atomic mass is 16.3. The van der Waals surface area contributed by atoms with E-state index in [-0.39, 0.29) is 5.78 Å². The Morgan fingerprint density at radius 2 is 1.44 bits per heavy atom. The minimum atomic E-state index is -0.726. The quantitative estimate of drug-likeness (QED) is 0.334. The highest BCUT2D eigenvalue weighted by Crippen LogP contribution is 2.24. The van der Waals surface area contributed by atoms with Crippen molar-refractivity contribution < 1.29 is 15.0 Å². The number of Topliss-reactive ketones (excluding diaryl/α,β-unsaturated/α-hetero) is 1. The number of carbonyl (C=O) groups is 1. The van der Waals surface area contributed by atoms with Crippen LogP contribution >= 0.6 is 0 Å². The first-order valence-electron chi connectivity index (χ1n) is 11.1. The van der Waals surface area contributed by atoms with Crippen LogP contribution in [-0.2, 0) is 4.79 Å². The summed E-state index contributed by atoms with van der Waals surface area (Å²) < 4.78 is 0. The molecule has 4 nitrogen and oxygen atoms in total. The third-order valence-corrected chi connectivity index (χ3v) is 5.22. The van der Waals surface area contributed by atoms with Crippen molar-refractivity contribution in [3.8, 4) is 0 Å². The molecule has 0 aliphatic rings. The second kappa shape index (κ2) is 15.5. The molecule has 0 aromatic rings. The van der Waals surface area contributed by atoms with Gasteiger partial charge in [0.15, 0.2) is 5.78 Å². The molecule has 2 atom stereocenters. The van der Waals surface area contributed by atoms with Crippen molar-refractivity contribution in [2.24, 2.45) is 5.41 Å². The van der Waals surface area contributed by atoms with E-state index in [0.717, 1.165) is 13.0 Å². The summed E-state index contributed by atoms with van der Waals surface area (Å²) in [5, 5.41) is 19.2. The Morgan fingerprint density at radius 3 is 1.89 bits per heavy atom. The van der Waals surface area contributed by atoms with Crippen molar-refractivity contribution in [2.45, 2.75) is 111 Å². The van der Waals surface area contributed by atoms with Crippen molar-refractivity contribution in [1.82, 2.24) is 4.90 Å². The van der Waals surface area contributed by atoms with Crippen LogP contribution in [0.15, 0.2) is 0 Å². The van der Waals surface area contributed by atoms with Gasteiger partial charge in [-0.05, 0) is 33.2 Å². The zero-order valence-corrected chi connectivity index (χ0v) is 18.5. The predicted molar refractivity (Wildman–Crippen MR) is 115 cm³/mol. The van der Waals surface area contributed by atoms with Gasteiger partial charge in [0, 0.05) is 12.0 Å². The maximum atomic E-state index is 12.6. The Hall–Kier alpha value is -0.450. The van der Waals surface area contributed by atoms with Crippen LogP contribution in [0.5, 0.6) is 0 Å². The van der Waals surface area contributed by atoms with E-state index in [1.165, 1.54) is 57.8 Å². The second-order valence-electron chi connectivity index (χ2n) is 8.93. The van der Waals surface area contributed by atoms with Crippen molar-refractivity contribution in [2.75, 3.05) is 19.6 Å². The number of unbranched alkanes of at least 4 members (excludes halogenated alkanes) is 9. The largest absolute Gasteiger partial charge is 0.393 e. The lowest BCUT2D eigenvalue weighted by molar-refractivity contribution is -0.129. The van der Waals surface area contributed by atoms with Gasteiger partial charge in [-0.15, -0.1) is 0 Å². The molecule has 0 amide bonds. The van der Waals surface area contributed by atoms with E-state index in [2.05, 4.69) is 18.7 Å². The first-order valence-corrected chi connectivity index (χ1v) is 11.1. The first-order chi connectivity index (χ1) is 12.7. The van der Waals surface area contributed by atoms with E-state index in [9.17, 15) is 15.0 Å². The predicted octanol–water partition coefficient (Wildman–Crippen LogP) is 4.77. The highest BCUT2D eigenvalue weighted by Gasteiger charge is 2.30. The Morgan fingerprint density at radius 1 is 0.963 bits per heavy atom. The summed E-state index contributed by atoms with van der Waals surface area (Å²) in [5.74, 6) is 0.109. The second-order valence-corrected chi connectivity index (χ2v) is 8.93. The maximum absolute atomic E-state index is 12.6. The molecule has 4 heteroatoms. The summed E-state index contributed by atoms with van der Waals surface area (Å²) in [6, 6.07) is 0. The van der Waals surface area contributed by atoms with Gasteiger partial charge in [-0.25, -0.2) is 0 Å². The molecule has 0 aliphatic heterocycles. The van der Waals surface area contributed by atoms with Crippen molar-refractivity contribution in [3.63, 3.8) is 0 Å². The van der Waals surface area contributed by atoms with E-state index >= 15 is 0 Å². The SMILES string of the molecule is [CH2]C(O)CC(C)(C)C(=O)CN(CCCCCCCCCCCC)CC(C)O. The summed E-state index contributed by atoms with van der Waals surface area (Å²) in [5.41, 5.74) is -0.587. The smallest absolute Gasteiger partial charge is 0.152 e. The van der Waals surface area contributed by atoms with Crippen molar-refractivity contribution >= 4 is 5.78 Å². The molecular formula is C23H46NO3. The fraction of sp³-hybridized carbons (Fsp3) is 0.913. The zero-order valence-electron chi connectivity index (χ0n) is 18.5. The molecule has 2 unspecified atom stereocenters. The van der Waals surface area contributed by atoms with Crippen LogP contribution in [0.4, 0.5) is 0 Å². The molecule has 0 saturated carbocycles. The van der Waals surface area contributed by atoms with Gasteiger partial charge in [0.2, 0.25) is 0 Å². The van der Waals surface area contributed by atoms with Crippen molar-refractivity contribution in [3.05, 3.63) is 6.92 Å². The van der Waals surface area contributed by atoms with E-state index in [1.807, 2.05) is 13.8 Å². The average Bonchev–Trinajstić information content (AvgIpc) is 2.54. The number of aliphatic hydroxyl groups excluding tert-OH is 2. The molecule has 0 saturated heterocycles. The monoisotopic (exact) mass is 384 g/mol. The average molecular weight is 385 g/mol. The normalized spacial score (nSPS) is 14.5. The Bertz CT molecular complexity index is 367. The number of hydrogen-bond donors (Lipinski definition) is 2. The lowest BCUT2D eigenvalue weighted by atomic mass is 9.82. The summed E-state index contributed by atoms with van der Waals surface area (Å²) in [4.78, 5) is 14.7. The first kappa shape index (κ1) is 26.6. The molecule has 0 bridgehead atoms. The molecule has 0 aromatic heterocycles. The molecule has 0 spiro atoms. The Labute approximate surface area is 168 Å². The zero-order chi connectivity index (χ0) is 20.7. The number of ketones is 1. The summed E-state index contributed by atoms with van der Waals surface area (Å²) >= 11 is 0. The number of nitrogens with zero attached hydrogens (tertiary/aromatic N) is 1. The maximum Gasteiger partial charge on any atom is 0.152 e. The van der Waals surface area contributed by atoms with Crippen LogP contribution in [0, 0.1) is 12.3 Å². The lowest BCUT2D eigenvalue weighted by Crippen LogP contribution is -2.41. The van der Waals surface area contributed by atoms with Gasteiger partial charge in [-0.3, -0.25) is 9.69 Å². The van der Waals surface area contributed by atoms with E-state index < -0.39 is 17.6 Å². The Balaban J connectivity index is 4.09. The highest BCUT2D eigenvalue weighted by molar-refractivity contribution is 5.86. The van der Waals surface area contributed by atoms with Gasteiger partial charge in [0.1, 0.15) is 0 Å². The third-order valence-electron chi connectivity index (χ3n) is 5.22. The van der Waals surface area contributed by atoms with Gasteiger partial charge < -0.3 is 10.2 Å². The van der Waals surface area contributed by atoms with Crippen LogP contribution in [0.25, 0.3) is 0 Å². The number of carbonyl (C=O) groups excluding carboxylic acids is 1. The van der Waals surface area contributed by atoms with Crippen LogP contribution in [0.3, 0.4) is 0 Å². The van der Waals surface area contributed by atoms with E-state index in [4.69, 9.17) is 0 Å². The standard InChI is InChI=1S/C23H46NO3/c1-6-7-8-9-10-11-12-13-14-15-16-24(18-21(3)26)19-22(27)23(4,5)17-20(2)25/h20-21,25-26H,2,6-19H2,1,3-5H3. The molecule has 1 radical (unpaired) electrons. The fourth-order valence-corrected chi connectivity index (χ4v) is 3.55. The molecule has 2 N–H and O–H groups in total. The molecule has 0 aliphatic carbocycles. The third kappa shape index (κ3) is 15.2. The van der Waals surface area contributed by atoms with Crippen LogP contribution < -0.4 is 0 Å². The Kier molecular flexibility index (Phi) is 15.2. The number of rotatable bonds is 18. The molecule has 0 rings (SSSR count). The van der Waals surface area contributed by atoms with Crippen LogP contribution in [0.1, 0.15) is 98.3 Å². The molecule has 27 heavy (non-hydrogen) atoms. The topological polar surface area (TPSA) is 60.8 Å². The molecule has 0 heterocycles. The van der Waals surface area contributed by atoms with Crippen LogP contribution in [0.2, 0.25) is 0 Å².